The average molecular weight is 641 g/mol. The van der Waals surface area contributed by atoms with E-state index in [4.69, 9.17) is 28.1 Å². The van der Waals surface area contributed by atoms with Crippen molar-refractivity contribution in [1.29, 1.82) is 0 Å². The van der Waals surface area contributed by atoms with E-state index in [0.29, 0.717) is 5.56 Å². The SMILES string of the molecule is COc1cc(-c2cc(=O)c3c(O)c(O)c(O[C@@H]4OC(CO)[C@@H](O)[C@@H](O)C4O[C@@H]4OC(CO)[C@@H](O)[C@H](O)C4O)cc3o2)ccc1O. The van der Waals surface area contributed by atoms with Crippen LogP contribution in [-0.2, 0) is 14.2 Å². The summed E-state index contributed by atoms with van der Waals surface area (Å²) in [5.41, 5.74) is -0.768. The zero-order valence-electron chi connectivity index (χ0n) is 23.4. The molecule has 10 N–H and O–H groups in total. The Kier molecular flexibility index (Phi) is 9.38. The van der Waals surface area contributed by atoms with Crippen LogP contribution in [0.3, 0.4) is 0 Å². The van der Waals surface area contributed by atoms with Gasteiger partial charge in [0.05, 0.1) is 20.3 Å². The smallest absolute Gasteiger partial charge is 0.229 e. The molecule has 2 aliphatic rings. The number of aromatic hydroxyl groups is 3. The van der Waals surface area contributed by atoms with Crippen molar-refractivity contribution in [3.63, 3.8) is 0 Å². The lowest BCUT2D eigenvalue weighted by Crippen LogP contribution is -2.65. The summed E-state index contributed by atoms with van der Waals surface area (Å²) in [7, 11) is 1.32. The van der Waals surface area contributed by atoms with Crippen LogP contribution in [0.1, 0.15) is 0 Å². The first-order chi connectivity index (χ1) is 21.4. The molecule has 1 aromatic heterocycles. The number of hydrogen-bond acceptors (Lipinski definition) is 17. The lowest BCUT2D eigenvalue weighted by molar-refractivity contribution is -0.358. The molecular formula is C28H32O17. The first kappa shape index (κ1) is 32.6. The number of rotatable bonds is 8. The summed E-state index contributed by atoms with van der Waals surface area (Å²) in [5, 5.41) is 102. The van der Waals surface area contributed by atoms with E-state index in [1.165, 1.54) is 25.3 Å². The standard InChI is InChI=1S/C28H32O17/c1-40-13-4-9(2-3-10(13)31)12-5-11(32)18-14(41-12)6-15(19(33)22(18)36)42-28-26(24(38)21(35)17(8-30)44-28)45-27-25(39)23(37)20(34)16(7-29)43-27/h2-6,16-17,20-21,23-31,33-39H,7-8H2,1H3/t16?,17?,20-,21-,23+,24-,25?,26?,27+,28-/m1/s1. The van der Waals surface area contributed by atoms with Crippen LogP contribution < -0.4 is 14.9 Å². The third-order valence-electron chi connectivity index (χ3n) is 7.60. The number of methoxy groups -OCH3 is 1. The molecule has 17 nitrogen and oxygen atoms in total. The highest BCUT2D eigenvalue weighted by molar-refractivity contribution is 5.89. The Morgan fingerprint density at radius 1 is 0.756 bits per heavy atom. The minimum atomic E-state index is -1.92. The van der Waals surface area contributed by atoms with E-state index in [1.807, 2.05) is 0 Å². The molecule has 0 aliphatic carbocycles. The average Bonchev–Trinajstić information content (AvgIpc) is 3.02. The zero-order valence-corrected chi connectivity index (χ0v) is 23.4. The molecule has 0 amide bonds. The maximum atomic E-state index is 13.0. The maximum absolute atomic E-state index is 13.0. The van der Waals surface area contributed by atoms with Crippen molar-refractivity contribution in [2.45, 2.75) is 61.4 Å². The Bertz CT molecular complexity index is 1570. The van der Waals surface area contributed by atoms with E-state index in [9.17, 15) is 55.9 Å². The number of phenols is 3. The van der Waals surface area contributed by atoms with Gasteiger partial charge in [0.25, 0.3) is 0 Å². The van der Waals surface area contributed by atoms with Gasteiger partial charge in [0, 0.05) is 17.7 Å². The highest BCUT2D eigenvalue weighted by atomic mass is 16.8. The van der Waals surface area contributed by atoms with Crippen molar-refractivity contribution in [3.8, 4) is 40.1 Å². The molecule has 2 fully saturated rings. The lowest BCUT2D eigenvalue weighted by Gasteiger charge is -2.45. The molecule has 2 aromatic carbocycles. The number of benzene rings is 2. The molecule has 10 atom stereocenters. The molecule has 17 heteroatoms. The van der Waals surface area contributed by atoms with E-state index in [-0.39, 0.29) is 22.8 Å². The van der Waals surface area contributed by atoms with Gasteiger partial charge in [0.2, 0.25) is 12.0 Å². The molecule has 45 heavy (non-hydrogen) atoms. The van der Waals surface area contributed by atoms with Crippen LogP contribution in [0.4, 0.5) is 0 Å². The number of phenolic OH excluding ortho intramolecular Hbond substituents is 3. The van der Waals surface area contributed by atoms with Gasteiger partial charge in [0.15, 0.2) is 40.8 Å². The second-order valence-electron chi connectivity index (χ2n) is 10.4. The van der Waals surface area contributed by atoms with Crippen LogP contribution in [0.15, 0.2) is 39.5 Å². The van der Waals surface area contributed by atoms with Crippen LogP contribution in [0.5, 0.6) is 28.7 Å². The quantitative estimate of drug-likeness (QED) is 0.115. The molecule has 3 aromatic rings. The summed E-state index contributed by atoms with van der Waals surface area (Å²) >= 11 is 0. The highest BCUT2D eigenvalue weighted by Crippen LogP contribution is 2.43. The third kappa shape index (κ3) is 5.98. The number of ether oxygens (including phenoxy) is 5. The Morgan fingerprint density at radius 3 is 2.04 bits per heavy atom. The molecule has 2 saturated heterocycles. The minimum absolute atomic E-state index is 0.0292. The van der Waals surface area contributed by atoms with Crippen molar-refractivity contribution < 1.29 is 79.2 Å². The predicted molar refractivity (Wildman–Crippen MR) is 146 cm³/mol. The second-order valence-corrected chi connectivity index (χ2v) is 10.4. The van der Waals surface area contributed by atoms with Crippen molar-refractivity contribution in [3.05, 3.63) is 40.6 Å². The summed E-state index contributed by atoms with van der Waals surface area (Å²) in [5.74, 6) is -2.64. The normalized spacial score (nSPS) is 32.0. The van der Waals surface area contributed by atoms with Gasteiger partial charge < -0.3 is 79.2 Å². The zero-order chi connectivity index (χ0) is 32.7. The second kappa shape index (κ2) is 12.9. The molecule has 4 unspecified atom stereocenters. The lowest BCUT2D eigenvalue weighted by atomic mass is 9.97. The first-order valence-electron chi connectivity index (χ1n) is 13.5. The minimum Gasteiger partial charge on any atom is -0.504 e. The Labute approximate surface area is 252 Å². The van der Waals surface area contributed by atoms with Gasteiger partial charge >= 0.3 is 0 Å². The van der Waals surface area contributed by atoms with Crippen molar-refractivity contribution in [2.24, 2.45) is 0 Å². The Balaban J connectivity index is 1.52. The molecule has 246 valence electrons. The highest BCUT2D eigenvalue weighted by Gasteiger charge is 2.51. The van der Waals surface area contributed by atoms with Crippen LogP contribution >= 0.6 is 0 Å². The van der Waals surface area contributed by atoms with E-state index in [2.05, 4.69) is 0 Å². The van der Waals surface area contributed by atoms with Gasteiger partial charge in [-0.25, -0.2) is 0 Å². The molecule has 5 rings (SSSR count). The fraction of sp³-hybridized carbons (Fsp3) is 0.464. The van der Waals surface area contributed by atoms with Gasteiger partial charge in [-0.3, -0.25) is 4.79 Å². The van der Waals surface area contributed by atoms with E-state index >= 15 is 0 Å². The summed E-state index contributed by atoms with van der Waals surface area (Å²) in [6.07, 6.45) is -17.5. The monoisotopic (exact) mass is 640 g/mol. The topological polar surface area (TPSA) is 279 Å². The Hall–Kier alpha value is -3.75. The molecule has 0 radical (unpaired) electrons. The van der Waals surface area contributed by atoms with Gasteiger partial charge in [-0.1, -0.05) is 0 Å². The van der Waals surface area contributed by atoms with Crippen LogP contribution in [0.2, 0.25) is 0 Å². The van der Waals surface area contributed by atoms with Crippen molar-refractivity contribution in [2.75, 3.05) is 20.3 Å². The van der Waals surface area contributed by atoms with Gasteiger partial charge in [-0.05, 0) is 18.2 Å². The van der Waals surface area contributed by atoms with Gasteiger partial charge in [-0.2, -0.15) is 0 Å². The molecular weight excluding hydrogens is 608 g/mol. The van der Waals surface area contributed by atoms with Crippen LogP contribution in [0, 0.1) is 0 Å². The van der Waals surface area contributed by atoms with E-state index in [1.54, 1.807) is 0 Å². The van der Waals surface area contributed by atoms with Crippen molar-refractivity contribution >= 4 is 11.0 Å². The van der Waals surface area contributed by atoms with Gasteiger partial charge in [0.1, 0.15) is 59.5 Å². The Morgan fingerprint density at radius 2 is 1.40 bits per heavy atom. The molecule has 0 bridgehead atoms. The maximum Gasteiger partial charge on any atom is 0.229 e. The summed E-state index contributed by atoms with van der Waals surface area (Å²) in [6, 6.07) is 6.15. The van der Waals surface area contributed by atoms with E-state index in [0.717, 1.165) is 12.1 Å². The van der Waals surface area contributed by atoms with Crippen LogP contribution in [0.25, 0.3) is 22.3 Å². The number of hydrogen-bond donors (Lipinski definition) is 10. The molecule has 2 aliphatic heterocycles. The number of aliphatic hydroxyl groups excluding tert-OH is 7. The summed E-state index contributed by atoms with van der Waals surface area (Å²) < 4.78 is 33.0. The first-order valence-corrected chi connectivity index (χ1v) is 13.5. The summed E-state index contributed by atoms with van der Waals surface area (Å²) in [6.45, 7) is -1.62. The summed E-state index contributed by atoms with van der Waals surface area (Å²) in [4.78, 5) is 13.0. The third-order valence-corrected chi connectivity index (χ3v) is 7.60. The molecule has 3 heterocycles. The fourth-order valence-corrected chi connectivity index (χ4v) is 5.09. The largest absolute Gasteiger partial charge is 0.504 e. The van der Waals surface area contributed by atoms with Gasteiger partial charge in [-0.15, -0.1) is 0 Å². The number of aliphatic hydroxyl groups is 7. The molecule has 0 spiro atoms. The van der Waals surface area contributed by atoms with Crippen molar-refractivity contribution in [1.82, 2.24) is 0 Å². The predicted octanol–water partition coefficient (Wildman–Crippen LogP) is -2.41. The molecule has 0 saturated carbocycles. The fourth-order valence-electron chi connectivity index (χ4n) is 5.09. The van der Waals surface area contributed by atoms with Crippen LogP contribution in [-0.4, -0.2) is 133 Å². The van der Waals surface area contributed by atoms with E-state index < -0.39 is 103 Å². The number of fused-ring (bicyclic) bond motifs is 1.